The van der Waals surface area contributed by atoms with E-state index in [2.05, 4.69) is 15.5 Å². The molecule has 5 nitrogen and oxygen atoms in total. The van der Waals surface area contributed by atoms with Crippen molar-refractivity contribution in [1.82, 2.24) is 10.2 Å². The highest BCUT2D eigenvalue weighted by molar-refractivity contribution is 7.15. The summed E-state index contributed by atoms with van der Waals surface area (Å²) < 4.78 is 5.52. The molecule has 0 saturated carbocycles. The number of hydrogen-bond donors (Lipinski definition) is 1. The lowest BCUT2D eigenvalue weighted by atomic mass is 9.96. The lowest BCUT2D eigenvalue weighted by Crippen LogP contribution is -2.27. The number of hydrogen-bond acceptors (Lipinski definition) is 5. The van der Waals surface area contributed by atoms with Crippen LogP contribution in [0.5, 0.6) is 0 Å². The first-order valence-electron chi connectivity index (χ1n) is 5.73. The molecule has 1 N–H and O–H groups in total. The maximum atomic E-state index is 11.8. The molecule has 1 saturated heterocycles. The fourth-order valence-electron chi connectivity index (χ4n) is 1.47. The molecule has 1 aromatic rings. The SMILES string of the molecule is CC(C)(C)C(=O)Nc1nnc(C2CCCO2)s1. The van der Waals surface area contributed by atoms with Crippen LogP contribution in [-0.4, -0.2) is 22.7 Å². The number of rotatable bonds is 2. The molecule has 1 unspecified atom stereocenters. The van der Waals surface area contributed by atoms with E-state index in [1.165, 1.54) is 11.3 Å². The highest BCUT2D eigenvalue weighted by Crippen LogP contribution is 2.32. The van der Waals surface area contributed by atoms with Gasteiger partial charge in [-0.2, -0.15) is 0 Å². The first-order valence-corrected chi connectivity index (χ1v) is 6.55. The van der Waals surface area contributed by atoms with Gasteiger partial charge in [0.05, 0.1) is 0 Å². The molecule has 1 amide bonds. The Morgan fingerprint density at radius 1 is 1.47 bits per heavy atom. The zero-order valence-corrected chi connectivity index (χ0v) is 11.1. The second kappa shape index (κ2) is 4.70. The maximum absolute atomic E-state index is 11.8. The summed E-state index contributed by atoms with van der Waals surface area (Å²) in [5.74, 6) is -0.0486. The van der Waals surface area contributed by atoms with E-state index < -0.39 is 5.41 Å². The van der Waals surface area contributed by atoms with Gasteiger partial charge in [0.25, 0.3) is 0 Å². The van der Waals surface area contributed by atoms with Crippen LogP contribution in [0.15, 0.2) is 0 Å². The van der Waals surface area contributed by atoms with Gasteiger partial charge in [-0.15, -0.1) is 10.2 Å². The van der Waals surface area contributed by atoms with Gasteiger partial charge in [0, 0.05) is 12.0 Å². The fourth-order valence-corrected chi connectivity index (χ4v) is 2.29. The second-order valence-electron chi connectivity index (χ2n) is 5.15. The molecule has 0 radical (unpaired) electrons. The van der Waals surface area contributed by atoms with Crippen LogP contribution >= 0.6 is 11.3 Å². The summed E-state index contributed by atoms with van der Waals surface area (Å²) in [7, 11) is 0. The van der Waals surface area contributed by atoms with Crippen molar-refractivity contribution in [3.05, 3.63) is 5.01 Å². The average Bonchev–Trinajstić information content (AvgIpc) is 2.83. The van der Waals surface area contributed by atoms with E-state index in [9.17, 15) is 4.79 Å². The molecule has 17 heavy (non-hydrogen) atoms. The molecule has 6 heteroatoms. The highest BCUT2D eigenvalue weighted by atomic mass is 32.1. The lowest BCUT2D eigenvalue weighted by molar-refractivity contribution is -0.123. The Kier molecular flexibility index (Phi) is 3.44. The monoisotopic (exact) mass is 255 g/mol. The predicted octanol–water partition coefficient (Wildman–Crippen LogP) is 2.37. The molecule has 0 aromatic carbocycles. The smallest absolute Gasteiger partial charge is 0.231 e. The number of anilines is 1. The summed E-state index contributed by atoms with van der Waals surface area (Å²) >= 11 is 1.40. The van der Waals surface area contributed by atoms with Crippen molar-refractivity contribution in [2.45, 2.75) is 39.7 Å². The van der Waals surface area contributed by atoms with Gasteiger partial charge in [-0.1, -0.05) is 32.1 Å². The molecule has 0 aliphatic carbocycles. The van der Waals surface area contributed by atoms with Gasteiger partial charge >= 0.3 is 0 Å². The van der Waals surface area contributed by atoms with Crippen LogP contribution in [0.2, 0.25) is 0 Å². The Balaban J connectivity index is 2.01. The zero-order valence-electron chi connectivity index (χ0n) is 10.3. The van der Waals surface area contributed by atoms with Crippen molar-refractivity contribution in [1.29, 1.82) is 0 Å². The van der Waals surface area contributed by atoms with E-state index in [1.807, 2.05) is 20.8 Å². The Labute approximate surface area is 105 Å². The molecular formula is C11H17N3O2S. The third kappa shape index (κ3) is 3.01. The summed E-state index contributed by atoms with van der Waals surface area (Å²) in [6.07, 6.45) is 2.11. The lowest BCUT2D eigenvalue weighted by Gasteiger charge is -2.15. The van der Waals surface area contributed by atoms with Gasteiger partial charge in [-0.3, -0.25) is 4.79 Å². The number of carbonyl (C=O) groups excluding carboxylic acids is 1. The molecule has 0 bridgehead atoms. The van der Waals surface area contributed by atoms with Gasteiger partial charge < -0.3 is 10.1 Å². The molecule has 2 rings (SSSR count). The standard InChI is InChI=1S/C11H17N3O2S/c1-11(2,3)9(15)12-10-14-13-8(17-10)7-5-4-6-16-7/h7H,4-6H2,1-3H3,(H,12,14,15). The third-order valence-corrected chi connectivity index (χ3v) is 3.48. The van der Waals surface area contributed by atoms with Crippen LogP contribution in [-0.2, 0) is 9.53 Å². The molecule has 0 spiro atoms. The van der Waals surface area contributed by atoms with E-state index in [1.54, 1.807) is 0 Å². The first kappa shape index (κ1) is 12.4. The summed E-state index contributed by atoms with van der Waals surface area (Å²) in [5.41, 5.74) is -0.421. The topological polar surface area (TPSA) is 64.1 Å². The molecule has 1 atom stereocenters. The van der Waals surface area contributed by atoms with Crippen molar-refractivity contribution in [2.24, 2.45) is 5.41 Å². The van der Waals surface area contributed by atoms with Gasteiger partial charge in [-0.25, -0.2) is 0 Å². The number of ether oxygens (including phenoxy) is 1. The van der Waals surface area contributed by atoms with E-state index in [4.69, 9.17) is 4.74 Å². The maximum Gasteiger partial charge on any atom is 0.231 e. The molecule has 1 aliphatic heterocycles. The first-order chi connectivity index (χ1) is 7.97. The predicted molar refractivity (Wildman–Crippen MR) is 65.9 cm³/mol. The minimum absolute atomic E-state index is 0.0486. The normalized spacial score (nSPS) is 20.5. The molecule has 94 valence electrons. The van der Waals surface area contributed by atoms with E-state index in [0.29, 0.717) is 5.13 Å². The second-order valence-corrected chi connectivity index (χ2v) is 6.16. The van der Waals surface area contributed by atoms with Crippen LogP contribution in [0.25, 0.3) is 0 Å². The van der Waals surface area contributed by atoms with Crippen LogP contribution in [0, 0.1) is 5.41 Å². The van der Waals surface area contributed by atoms with Gasteiger partial charge in [0.15, 0.2) is 0 Å². The van der Waals surface area contributed by atoms with E-state index in [0.717, 1.165) is 24.5 Å². The summed E-state index contributed by atoms with van der Waals surface area (Å²) in [6, 6.07) is 0. The average molecular weight is 255 g/mol. The molecule has 1 fully saturated rings. The van der Waals surface area contributed by atoms with Crippen molar-refractivity contribution < 1.29 is 9.53 Å². The van der Waals surface area contributed by atoms with Crippen LogP contribution in [0.4, 0.5) is 5.13 Å². The van der Waals surface area contributed by atoms with E-state index >= 15 is 0 Å². The Morgan fingerprint density at radius 3 is 2.82 bits per heavy atom. The molecule has 2 heterocycles. The number of carbonyl (C=O) groups is 1. The highest BCUT2D eigenvalue weighted by Gasteiger charge is 2.25. The van der Waals surface area contributed by atoms with E-state index in [-0.39, 0.29) is 12.0 Å². The quantitative estimate of drug-likeness (QED) is 0.881. The van der Waals surface area contributed by atoms with Crippen molar-refractivity contribution in [2.75, 3.05) is 11.9 Å². The fraction of sp³-hybridized carbons (Fsp3) is 0.727. The number of amides is 1. The van der Waals surface area contributed by atoms with Crippen molar-refractivity contribution in [3.63, 3.8) is 0 Å². The molecular weight excluding hydrogens is 238 g/mol. The minimum atomic E-state index is -0.421. The third-order valence-electron chi connectivity index (χ3n) is 2.55. The summed E-state index contributed by atoms with van der Waals surface area (Å²) in [5, 5.41) is 12.2. The number of nitrogens with one attached hydrogen (secondary N) is 1. The van der Waals surface area contributed by atoms with Gasteiger partial charge in [-0.05, 0) is 12.8 Å². The minimum Gasteiger partial charge on any atom is -0.371 e. The van der Waals surface area contributed by atoms with Gasteiger partial charge in [0.2, 0.25) is 11.0 Å². The molecule has 1 aromatic heterocycles. The van der Waals surface area contributed by atoms with Gasteiger partial charge in [0.1, 0.15) is 11.1 Å². The van der Waals surface area contributed by atoms with Crippen molar-refractivity contribution in [3.8, 4) is 0 Å². The number of aromatic nitrogens is 2. The van der Waals surface area contributed by atoms with Crippen LogP contribution < -0.4 is 5.32 Å². The molecule has 1 aliphatic rings. The summed E-state index contributed by atoms with van der Waals surface area (Å²) in [6.45, 7) is 6.38. The number of nitrogens with zero attached hydrogens (tertiary/aromatic N) is 2. The van der Waals surface area contributed by atoms with Crippen molar-refractivity contribution >= 4 is 22.4 Å². The van der Waals surface area contributed by atoms with Crippen LogP contribution in [0.3, 0.4) is 0 Å². The Hall–Kier alpha value is -1.01. The Bertz CT molecular complexity index is 405. The Morgan fingerprint density at radius 2 is 2.24 bits per heavy atom. The zero-order chi connectivity index (χ0) is 12.5. The van der Waals surface area contributed by atoms with Crippen LogP contribution in [0.1, 0.15) is 44.7 Å². The largest absolute Gasteiger partial charge is 0.371 e. The summed E-state index contributed by atoms with van der Waals surface area (Å²) in [4.78, 5) is 11.8.